The minimum absolute atomic E-state index is 0.181. The first kappa shape index (κ1) is 15.3. The fourth-order valence-electron chi connectivity index (χ4n) is 2.75. The van der Waals surface area contributed by atoms with Crippen LogP contribution in [0.1, 0.15) is 32.6 Å². The maximum absolute atomic E-state index is 11.9. The number of carbonyl (C=O) groups excluding carboxylic acids is 1. The lowest BCUT2D eigenvalue weighted by atomic mass is 9.99. The second-order valence-electron chi connectivity index (χ2n) is 5.84. The van der Waals surface area contributed by atoms with Gasteiger partial charge in [-0.2, -0.15) is 0 Å². The number of hydrogen-bond acceptors (Lipinski definition) is 4. The van der Waals surface area contributed by atoms with Crippen LogP contribution in [0.25, 0.3) is 0 Å². The van der Waals surface area contributed by atoms with Gasteiger partial charge >= 0.3 is 5.97 Å². The van der Waals surface area contributed by atoms with E-state index in [1.807, 2.05) is 0 Å². The number of carboxylic acids is 1. The summed E-state index contributed by atoms with van der Waals surface area (Å²) in [6, 6.07) is 0. The number of aliphatic carboxylic acids is 1. The number of nitrogens with zero attached hydrogens (tertiary/aromatic N) is 1. The van der Waals surface area contributed by atoms with Crippen LogP contribution in [0.15, 0.2) is 0 Å². The van der Waals surface area contributed by atoms with Gasteiger partial charge in [-0.25, -0.2) is 4.79 Å². The second-order valence-corrected chi connectivity index (χ2v) is 5.84. The first-order chi connectivity index (χ1) is 9.56. The topological polar surface area (TPSA) is 78.9 Å². The van der Waals surface area contributed by atoms with E-state index in [0.717, 1.165) is 25.6 Å². The molecule has 0 aromatic carbocycles. The van der Waals surface area contributed by atoms with Crippen LogP contribution in [-0.4, -0.2) is 60.3 Å². The van der Waals surface area contributed by atoms with E-state index < -0.39 is 18.2 Å². The standard InChI is InChI=1S/C14H24N2O4/c1-10-4-7-16(8-5-10)9-6-15-13(17)11-2-3-12(20-11)14(18)19/h10-12H,2-9H2,1H3,(H,15,17)(H,18,19). The van der Waals surface area contributed by atoms with E-state index in [4.69, 9.17) is 9.84 Å². The van der Waals surface area contributed by atoms with Crippen molar-refractivity contribution in [2.75, 3.05) is 26.2 Å². The summed E-state index contributed by atoms with van der Waals surface area (Å²) in [7, 11) is 0. The van der Waals surface area contributed by atoms with Gasteiger partial charge < -0.3 is 20.1 Å². The third-order valence-electron chi connectivity index (χ3n) is 4.19. The maximum Gasteiger partial charge on any atom is 0.332 e. The summed E-state index contributed by atoms with van der Waals surface area (Å²) < 4.78 is 5.22. The Morgan fingerprint density at radius 2 is 1.85 bits per heavy atom. The number of carbonyl (C=O) groups is 2. The number of carboxylic acid groups (broad SMARTS) is 1. The molecular weight excluding hydrogens is 260 g/mol. The third-order valence-corrected chi connectivity index (χ3v) is 4.19. The molecule has 1 amide bonds. The van der Waals surface area contributed by atoms with Crippen LogP contribution >= 0.6 is 0 Å². The number of amides is 1. The Hall–Kier alpha value is -1.14. The molecular formula is C14H24N2O4. The monoisotopic (exact) mass is 284 g/mol. The minimum atomic E-state index is -0.984. The largest absolute Gasteiger partial charge is 0.479 e. The molecule has 0 spiro atoms. The molecule has 0 aromatic rings. The lowest BCUT2D eigenvalue weighted by Gasteiger charge is -2.30. The first-order valence-corrected chi connectivity index (χ1v) is 7.44. The normalized spacial score (nSPS) is 28.4. The second kappa shape index (κ2) is 7.04. The highest BCUT2D eigenvalue weighted by molar-refractivity contribution is 5.82. The van der Waals surface area contributed by atoms with Gasteiger partial charge in [0.05, 0.1) is 0 Å². The fraction of sp³-hybridized carbons (Fsp3) is 0.857. The molecule has 2 heterocycles. The van der Waals surface area contributed by atoms with Gasteiger partial charge in [-0.1, -0.05) is 6.92 Å². The molecule has 2 N–H and O–H groups in total. The summed E-state index contributed by atoms with van der Waals surface area (Å²) in [6.45, 7) is 5.92. The number of nitrogens with one attached hydrogen (secondary N) is 1. The van der Waals surface area contributed by atoms with Gasteiger partial charge in [0, 0.05) is 13.1 Å². The first-order valence-electron chi connectivity index (χ1n) is 7.44. The predicted octanol–water partition coefficient (Wildman–Crippen LogP) is 0.467. The molecule has 0 bridgehead atoms. The molecule has 2 rings (SSSR count). The zero-order valence-electron chi connectivity index (χ0n) is 12.0. The van der Waals surface area contributed by atoms with Crippen LogP contribution in [0.2, 0.25) is 0 Å². The zero-order chi connectivity index (χ0) is 14.5. The molecule has 0 radical (unpaired) electrons. The van der Waals surface area contributed by atoms with Gasteiger partial charge in [0.25, 0.3) is 0 Å². The fourth-order valence-corrected chi connectivity index (χ4v) is 2.75. The Labute approximate surface area is 119 Å². The lowest BCUT2D eigenvalue weighted by molar-refractivity contribution is -0.151. The van der Waals surface area contributed by atoms with Gasteiger partial charge in [-0.05, 0) is 44.7 Å². The Morgan fingerprint density at radius 1 is 1.20 bits per heavy atom. The van der Waals surface area contributed by atoms with Crippen molar-refractivity contribution in [2.24, 2.45) is 5.92 Å². The highest BCUT2D eigenvalue weighted by atomic mass is 16.5. The van der Waals surface area contributed by atoms with Crippen molar-refractivity contribution in [3.8, 4) is 0 Å². The molecule has 2 saturated heterocycles. The van der Waals surface area contributed by atoms with Crippen molar-refractivity contribution >= 4 is 11.9 Å². The van der Waals surface area contributed by atoms with Gasteiger partial charge in [-0.15, -0.1) is 0 Å². The van der Waals surface area contributed by atoms with Crippen LogP contribution in [0.5, 0.6) is 0 Å². The summed E-state index contributed by atoms with van der Waals surface area (Å²) in [5.41, 5.74) is 0. The van der Waals surface area contributed by atoms with Gasteiger partial charge in [0.2, 0.25) is 5.91 Å². The minimum Gasteiger partial charge on any atom is -0.479 e. The number of hydrogen-bond donors (Lipinski definition) is 2. The molecule has 0 saturated carbocycles. The van der Waals surface area contributed by atoms with E-state index in [0.29, 0.717) is 19.4 Å². The van der Waals surface area contributed by atoms with E-state index >= 15 is 0 Å². The molecule has 2 fully saturated rings. The average Bonchev–Trinajstić information content (AvgIpc) is 2.91. The average molecular weight is 284 g/mol. The molecule has 6 heteroatoms. The summed E-state index contributed by atoms with van der Waals surface area (Å²) >= 11 is 0. The molecule has 2 aliphatic rings. The van der Waals surface area contributed by atoms with Crippen LogP contribution in [0.3, 0.4) is 0 Å². The molecule has 20 heavy (non-hydrogen) atoms. The zero-order valence-corrected chi connectivity index (χ0v) is 12.0. The molecule has 0 aliphatic carbocycles. The Bertz CT molecular complexity index is 353. The molecule has 114 valence electrons. The summed E-state index contributed by atoms with van der Waals surface area (Å²) in [5, 5.41) is 11.7. The van der Waals surface area contributed by atoms with E-state index in [9.17, 15) is 9.59 Å². The van der Waals surface area contributed by atoms with Crippen molar-refractivity contribution in [3.63, 3.8) is 0 Å². The summed E-state index contributed by atoms with van der Waals surface area (Å²) in [6.07, 6.45) is 1.92. The predicted molar refractivity (Wildman–Crippen MR) is 73.4 cm³/mol. The van der Waals surface area contributed by atoms with Crippen LogP contribution in [0, 0.1) is 5.92 Å². The molecule has 2 atom stereocenters. The SMILES string of the molecule is CC1CCN(CCNC(=O)C2CCC(C(=O)O)O2)CC1. The van der Waals surface area contributed by atoms with Crippen molar-refractivity contribution in [3.05, 3.63) is 0 Å². The van der Waals surface area contributed by atoms with Crippen molar-refractivity contribution in [1.29, 1.82) is 0 Å². The molecule has 2 unspecified atom stereocenters. The van der Waals surface area contributed by atoms with Gasteiger partial charge in [0.15, 0.2) is 6.10 Å². The number of piperidine rings is 1. The summed E-state index contributed by atoms with van der Waals surface area (Å²) in [5.74, 6) is -0.359. The lowest BCUT2D eigenvalue weighted by Crippen LogP contribution is -2.42. The van der Waals surface area contributed by atoms with E-state index in [1.54, 1.807) is 0 Å². The number of rotatable bonds is 5. The molecule has 2 aliphatic heterocycles. The van der Waals surface area contributed by atoms with Crippen LogP contribution < -0.4 is 5.32 Å². The molecule has 6 nitrogen and oxygen atoms in total. The van der Waals surface area contributed by atoms with Crippen molar-refractivity contribution in [1.82, 2.24) is 10.2 Å². The Kier molecular flexibility index (Phi) is 5.37. The van der Waals surface area contributed by atoms with Crippen molar-refractivity contribution < 1.29 is 19.4 Å². The Morgan fingerprint density at radius 3 is 2.45 bits per heavy atom. The third kappa shape index (κ3) is 4.18. The Balaban J connectivity index is 1.62. The van der Waals surface area contributed by atoms with E-state index in [-0.39, 0.29) is 5.91 Å². The van der Waals surface area contributed by atoms with Crippen LogP contribution in [-0.2, 0) is 14.3 Å². The van der Waals surface area contributed by atoms with Crippen molar-refractivity contribution in [2.45, 2.75) is 44.8 Å². The highest BCUT2D eigenvalue weighted by Crippen LogP contribution is 2.20. The number of ether oxygens (including phenoxy) is 1. The van der Waals surface area contributed by atoms with Gasteiger partial charge in [0.1, 0.15) is 6.10 Å². The smallest absolute Gasteiger partial charge is 0.332 e. The van der Waals surface area contributed by atoms with Gasteiger partial charge in [-0.3, -0.25) is 4.79 Å². The summed E-state index contributed by atoms with van der Waals surface area (Å²) in [4.78, 5) is 25.0. The highest BCUT2D eigenvalue weighted by Gasteiger charge is 2.34. The quantitative estimate of drug-likeness (QED) is 0.767. The molecule has 0 aromatic heterocycles. The van der Waals surface area contributed by atoms with E-state index in [1.165, 1.54) is 12.8 Å². The van der Waals surface area contributed by atoms with E-state index in [2.05, 4.69) is 17.1 Å². The van der Waals surface area contributed by atoms with Crippen LogP contribution in [0.4, 0.5) is 0 Å². The number of likely N-dealkylation sites (tertiary alicyclic amines) is 1. The maximum atomic E-state index is 11.9.